The summed E-state index contributed by atoms with van der Waals surface area (Å²) in [6.07, 6.45) is 1.92. The standard InChI is InChI=1S/C24H23N3O3/c1-15-9-10-27-21(11-15)25-22(20-8-6-5-7-16(20)2)23(27)26-24(28)17-12-18(29-3)14-19(13-17)30-4/h5-14H,1-4H3,(H,26,28). The number of nitrogens with zero attached hydrogens (tertiary/aromatic N) is 2. The molecule has 0 fully saturated rings. The molecule has 6 heteroatoms. The van der Waals surface area contributed by atoms with Gasteiger partial charge >= 0.3 is 0 Å². The molecule has 0 radical (unpaired) electrons. The second kappa shape index (κ2) is 7.91. The van der Waals surface area contributed by atoms with Crippen molar-refractivity contribution in [3.8, 4) is 22.8 Å². The van der Waals surface area contributed by atoms with Crippen LogP contribution in [0.15, 0.2) is 60.8 Å². The monoisotopic (exact) mass is 401 g/mol. The van der Waals surface area contributed by atoms with Gasteiger partial charge in [-0.3, -0.25) is 9.20 Å². The number of carbonyl (C=O) groups is 1. The third-order valence-corrected chi connectivity index (χ3v) is 5.03. The molecule has 0 aliphatic rings. The molecule has 4 rings (SSSR count). The third kappa shape index (κ3) is 3.59. The number of ether oxygens (including phenoxy) is 2. The zero-order valence-electron chi connectivity index (χ0n) is 17.4. The van der Waals surface area contributed by atoms with Crippen molar-refractivity contribution in [2.24, 2.45) is 0 Å². The highest BCUT2D eigenvalue weighted by molar-refractivity contribution is 6.06. The van der Waals surface area contributed by atoms with Gasteiger partial charge in [-0.15, -0.1) is 0 Å². The lowest BCUT2D eigenvalue weighted by atomic mass is 10.1. The van der Waals surface area contributed by atoms with Crippen LogP contribution in [0.4, 0.5) is 5.82 Å². The molecule has 0 atom stereocenters. The van der Waals surface area contributed by atoms with Gasteiger partial charge in [-0.1, -0.05) is 24.3 Å². The van der Waals surface area contributed by atoms with Gasteiger partial charge in [0.2, 0.25) is 0 Å². The summed E-state index contributed by atoms with van der Waals surface area (Å²) in [7, 11) is 3.11. The van der Waals surface area contributed by atoms with E-state index in [-0.39, 0.29) is 5.91 Å². The topological polar surface area (TPSA) is 64.9 Å². The van der Waals surface area contributed by atoms with Crippen LogP contribution < -0.4 is 14.8 Å². The molecule has 0 saturated carbocycles. The van der Waals surface area contributed by atoms with Crippen molar-refractivity contribution in [1.29, 1.82) is 0 Å². The number of benzene rings is 2. The van der Waals surface area contributed by atoms with E-state index in [1.165, 1.54) is 0 Å². The van der Waals surface area contributed by atoms with Gasteiger partial charge in [-0.05, 0) is 49.2 Å². The molecule has 152 valence electrons. The van der Waals surface area contributed by atoms with Crippen LogP contribution >= 0.6 is 0 Å². The minimum atomic E-state index is -0.274. The largest absolute Gasteiger partial charge is 0.497 e. The number of nitrogens with one attached hydrogen (secondary N) is 1. The number of aryl methyl sites for hydroxylation is 2. The molecule has 2 aromatic heterocycles. The SMILES string of the molecule is COc1cc(OC)cc(C(=O)Nc2c(-c3ccccc3C)nc3cc(C)ccn23)c1. The predicted octanol–water partition coefficient (Wildman–Crippen LogP) is 4.89. The molecule has 0 aliphatic heterocycles. The zero-order chi connectivity index (χ0) is 21.3. The molecule has 2 heterocycles. The van der Waals surface area contributed by atoms with E-state index >= 15 is 0 Å². The number of amides is 1. The molecule has 0 aliphatic carbocycles. The number of pyridine rings is 1. The molecule has 0 bridgehead atoms. The van der Waals surface area contributed by atoms with Gasteiger partial charge in [0.1, 0.15) is 28.7 Å². The lowest BCUT2D eigenvalue weighted by Gasteiger charge is -2.11. The van der Waals surface area contributed by atoms with Gasteiger partial charge in [0.05, 0.1) is 14.2 Å². The fraction of sp³-hybridized carbons (Fsp3) is 0.167. The molecule has 30 heavy (non-hydrogen) atoms. The van der Waals surface area contributed by atoms with E-state index in [1.54, 1.807) is 32.4 Å². The first-order valence-corrected chi connectivity index (χ1v) is 9.59. The van der Waals surface area contributed by atoms with Crippen molar-refractivity contribution >= 4 is 17.4 Å². The van der Waals surface area contributed by atoms with Crippen LogP contribution in [0.25, 0.3) is 16.9 Å². The third-order valence-electron chi connectivity index (χ3n) is 5.03. The molecule has 4 aromatic rings. The Kier molecular flexibility index (Phi) is 5.14. The Bertz CT molecular complexity index is 1220. The van der Waals surface area contributed by atoms with E-state index in [1.807, 2.05) is 60.8 Å². The first-order chi connectivity index (χ1) is 14.5. The van der Waals surface area contributed by atoms with Crippen LogP contribution in [0.5, 0.6) is 11.5 Å². The van der Waals surface area contributed by atoms with E-state index in [4.69, 9.17) is 14.5 Å². The molecule has 1 amide bonds. The normalized spacial score (nSPS) is 10.8. The summed E-state index contributed by atoms with van der Waals surface area (Å²) in [6, 6.07) is 17.1. The van der Waals surface area contributed by atoms with Gasteiger partial charge in [0, 0.05) is 23.4 Å². The Morgan fingerprint density at radius 2 is 1.67 bits per heavy atom. The summed E-state index contributed by atoms with van der Waals surface area (Å²) < 4.78 is 12.5. The van der Waals surface area contributed by atoms with E-state index in [9.17, 15) is 4.79 Å². The first-order valence-electron chi connectivity index (χ1n) is 9.59. The Hall–Kier alpha value is -3.80. The van der Waals surface area contributed by atoms with E-state index in [0.717, 1.165) is 28.0 Å². The summed E-state index contributed by atoms with van der Waals surface area (Å²) in [6.45, 7) is 4.05. The van der Waals surface area contributed by atoms with Crippen LogP contribution in [0.1, 0.15) is 21.5 Å². The number of carbonyl (C=O) groups excluding carboxylic acids is 1. The van der Waals surface area contributed by atoms with Crippen molar-refractivity contribution in [2.45, 2.75) is 13.8 Å². The summed E-state index contributed by atoms with van der Waals surface area (Å²) in [5.41, 5.74) is 5.07. The molecular weight excluding hydrogens is 378 g/mol. The van der Waals surface area contributed by atoms with Gasteiger partial charge in [-0.25, -0.2) is 4.98 Å². The zero-order valence-corrected chi connectivity index (χ0v) is 17.4. The van der Waals surface area contributed by atoms with E-state index in [2.05, 4.69) is 5.32 Å². The first kappa shape index (κ1) is 19.5. The lowest BCUT2D eigenvalue weighted by Crippen LogP contribution is -2.14. The molecule has 2 aromatic carbocycles. The van der Waals surface area contributed by atoms with Gasteiger partial charge in [0.15, 0.2) is 0 Å². The number of methoxy groups -OCH3 is 2. The van der Waals surface area contributed by atoms with Gasteiger partial charge < -0.3 is 14.8 Å². The second-order valence-corrected chi connectivity index (χ2v) is 7.11. The predicted molar refractivity (Wildman–Crippen MR) is 118 cm³/mol. The number of hydrogen-bond acceptors (Lipinski definition) is 4. The Morgan fingerprint density at radius 3 is 2.33 bits per heavy atom. The van der Waals surface area contributed by atoms with Crippen molar-refractivity contribution < 1.29 is 14.3 Å². The molecule has 6 nitrogen and oxygen atoms in total. The van der Waals surface area contributed by atoms with Crippen molar-refractivity contribution in [1.82, 2.24) is 9.38 Å². The molecule has 1 N–H and O–H groups in total. The Labute approximate surface area is 175 Å². The fourth-order valence-corrected chi connectivity index (χ4v) is 3.41. The lowest BCUT2D eigenvalue weighted by molar-refractivity contribution is 0.102. The highest BCUT2D eigenvalue weighted by Crippen LogP contribution is 2.32. The van der Waals surface area contributed by atoms with Gasteiger partial charge in [-0.2, -0.15) is 0 Å². The smallest absolute Gasteiger partial charge is 0.257 e. The number of anilines is 1. The fourth-order valence-electron chi connectivity index (χ4n) is 3.41. The molecule has 0 spiro atoms. The van der Waals surface area contributed by atoms with Crippen LogP contribution in [-0.2, 0) is 0 Å². The maximum absolute atomic E-state index is 13.2. The minimum absolute atomic E-state index is 0.274. The van der Waals surface area contributed by atoms with E-state index in [0.29, 0.717) is 22.9 Å². The van der Waals surface area contributed by atoms with Crippen LogP contribution in [0.3, 0.4) is 0 Å². The number of fused-ring (bicyclic) bond motifs is 1. The Morgan fingerprint density at radius 1 is 0.967 bits per heavy atom. The molecule has 0 saturated heterocycles. The number of rotatable bonds is 5. The number of hydrogen-bond donors (Lipinski definition) is 1. The van der Waals surface area contributed by atoms with Crippen LogP contribution in [0.2, 0.25) is 0 Å². The average molecular weight is 401 g/mol. The van der Waals surface area contributed by atoms with Gasteiger partial charge in [0.25, 0.3) is 5.91 Å². The molecule has 0 unspecified atom stereocenters. The van der Waals surface area contributed by atoms with E-state index < -0.39 is 0 Å². The van der Waals surface area contributed by atoms with Crippen molar-refractivity contribution in [3.63, 3.8) is 0 Å². The van der Waals surface area contributed by atoms with Crippen molar-refractivity contribution in [2.75, 3.05) is 19.5 Å². The summed E-state index contributed by atoms with van der Waals surface area (Å²) >= 11 is 0. The summed E-state index contributed by atoms with van der Waals surface area (Å²) in [4.78, 5) is 18.0. The van der Waals surface area contributed by atoms with Crippen LogP contribution in [-0.4, -0.2) is 29.5 Å². The number of aromatic nitrogens is 2. The van der Waals surface area contributed by atoms with Crippen LogP contribution in [0, 0.1) is 13.8 Å². The molecular formula is C24H23N3O3. The highest BCUT2D eigenvalue weighted by atomic mass is 16.5. The number of imidazole rings is 1. The second-order valence-electron chi connectivity index (χ2n) is 7.11. The summed E-state index contributed by atoms with van der Waals surface area (Å²) in [5, 5.41) is 3.05. The van der Waals surface area contributed by atoms with Crippen molar-refractivity contribution in [3.05, 3.63) is 77.5 Å². The highest BCUT2D eigenvalue weighted by Gasteiger charge is 2.19. The maximum atomic E-state index is 13.2. The average Bonchev–Trinajstić information content (AvgIpc) is 3.10. The quantitative estimate of drug-likeness (QED) is 0.517. The summed E-state index contributed by atoms with van der Waals surface area (Å²) in [5.74, 6) is 1.44. The maximum Gasteiger partial charge on any atom is 0.257 e. The minimum Gasteiger partial charge on any atom is -0.497 e. The Balaban J connectivity index is 1.83.